The summed E-state index contributed by atoms with van der Waals surface area (Å²) in [6.07, 6.45) is 2.71. The van der Waals surface area contributed by atoms with Gasteiger partial charge in [-0.15, -0.1) is 11.3 Å². The topological polar surface area (TPSA) is 46.9 Å². The summed E-state index contributed by atoms with van der Waals surface area (Å²) in [5.74, 6) is 0.0139. The number of rotatable bonds is 5. The summed E-state index contributed by atoms with van der Waals surface area (Å²) in [5, 5.41) is 7.90. The first-order chi connectivity index (χ1) is 14.7. The zero-order valence-electron chi connectivity index (χ0n) is 16.9. The molecule has 5 heteroatoms. The van der Waals surface area contributed by atoms with Crippen molar-refractivity contribution in [1.29, 1.82) is 0 Å². The highest BCUT2D eigenvalue weighted by Gasteiger charge is 2.27. The molecule has 0 spiro atoms. The van der Waals surface area contributed by atoms with E-state index in [2.05, 4.69) is 47.3 Å². The van der Waals surface area contributed by atoms with Gasteiger partial charge in [0.25, 0.3) is 5.91 Å². The number of thiophene rings is 1. The summed E-state index contributed by atoms with van der Waals surface area (Å²) in [6.45, 7) is 2.70. The second-order valence-electron chi connectivity index (χ2n) is 7.61. The van der Waals surface area contributed by atoms with Crippen molar-refractivity contribution in [2.24, 2.45) is 0 Å². The Morgan fingerprint density at radius 2 is 1.80 bits per heavy atom. The molecule has 0 bridgehead atoms. The smallest absolute Gasteiger partial charge is 0.261 e. The van der Waals surface area contributed by atoms with E-state index in [4.69, 9.17) is 5.10 Å². The Balaban J connectivity index is 1.38. The fraction of sp³-hybridized carbons (Fsp3) is 0.200. The van der Waals surface area contributed by atoms with E-state index in [1.54, 1.807) is 11.3 Å². The first kappa shape index (κ1) is 18.8. The van der Waals surface area contributed by atoms with Crippen LogP contribution >= 0.6 is 11.3 Å². The molecule has 0 atom stereocenters. The number of benzene rings is 2. The molecule has 0 aliphatic heterocycles. The maximum absolute atomic E-state index is 12.8. The van der Waals surface area contributed by atoms with Crippen molar-refractivity contribution in [3.05, 3.63) is 94.1 Å². The second kappa shape index (κ2) is 7.92. The largest absolute Gasteiger partial charge is 0.351 e. The normalized spacial score (nSPS) is 12.3. The van der Waals surface area contributed by atoms with Crippen LogP contribution in [-0.2, 0) is 19.3 Å². The minimum Gasteiger partial charge on any atom is -0.351 e. The number of nitrogens with zero attached hydrogens (tertiary/aromatic N) is 2. The van der Waals surface area contributed by atoms with Crippen LogP contribution in [0.25, 0.3) is 16.1 Å². The summed E-state index contributed by atoms with van der Waals surface area (Å²) in [7, 11) is 0. The Morgan fingerprint density at radius 3 is 2.57 bits per heavy atom. The Labute approximate surface area is 180 Å². The number of amides is 1. The highest BCUT2D eigenvalue weighted by molar-refractivity contribution is 7.17. The van der Waals surface area contributed by atoms with E-state index in [1.807, 2.05) is 36.4 Å². The fourth-order valence-corrected chi connectivity index (χ4v) is 5.37. The molecule has 1 N–H and O–H groups in total. The highest BCUT2D eigenvalue weighted by atomic mass is 32.1. The summed E-state index contributed by atoms with van der Waals surface area (Å²) >= 11 is 1.59. The third-order valence-electron chi connectivity index (χ3n) is 5.59. The van der Waals surface area contributed by atoms with Gasteiger partial charge in [-0.05, 0) is 55.5 Å². The third kappa shape index (κ3) is 3.46. The number of carbonyl (C=O) groups excluding carboxylic acids is 1. The van der Waals surface area contributed by atoms with Crippen LogP contribution < -0.4 is 5.32 Å². The van der Waals surface area contributed by atoms with Gasteiger partial charge in [0, 0.05) is 17.0 Å². The van der Waals surface area contributed by atoms with Crippen LogP contribution in [0.15, 0.2) is 66.7 Å². The molecular formula is C25H23N3OS. The van der Waals surface area contributed by atoms with Gasteiger partial charge in [0.2, 0.25) is 0 Å². The number of hydrogen-bond donors (Lipinski definition) is 1. The average molecular weight is 414 g/mol. The number of nitrogens with one attached hydrogen (secondary N) is 1. The van der Waals surface area contributed by atoms with Gasteiger partial charge in [-0.1, -0.05) is 48.5 Å². The molecule has 2 heterocycles. The van der Waals surface area contributed by atoms with Crippen LogP contribution in [0.3, 0.4) is 0 Å². The molecule has 0 fully saturated rings. The van der Waals surface area contributed by atoms with E-state index in [0.717, 1.165) is 35.5 Å². The van der Waals surface area contributed by atoms with Gasteiger partial charge in [-0.2, -0.15) is 5.10 Å². The van der Waals surface area contributed by atoms with E-state index in [0.29, 0.717) is 6.54 Å². The maximum Gasteiger partial charge on any atom is 0.261 e. The van der Waals surface area contributed by atoms with Crippen molar-refractivity contribution in [3.8, 4) is 16.1 Å². The molecule has 1 amide bonds. The SMILES string of the molecule is Cc1nn(-c2ccccc2)c2c1-c1sc(C(=O)NCCc3ccccc3)cc1CC2. The minimum absolute atomic E-state index is 0.0139. The van der Waals surface area contributed by atoms with Gasteiger partial charge in [-0.25, -0.2) is 4.68 Å². The zero-order chi connectivity index (χ0) is 20.5. The van der Waals surface area contributed by atoms with Crippen molar-refractivity contribution < 1.29 is 4.79 Å². The molecule has 0 radical (unpaired) electrons. The van der Waals surface area contributed by atoms with Gasteiger partial charge in [0.05, 0.1) is 22.0 Å². The van der Waals surface area contributed by atoms with Gasteiger partial charge in [0.15, 0.2) is 0 Å². The van der Waals surface area contributed by atoms with Gasteiger partial charge < -0.3 is 5.32 Å². The number of aromatic nitrogens is 2. The van der Waals surface area contributed by atoms with Crippen molar-refractivity contribution >= 4 is 17.2 Å². The predicted molar refractivity (Wildman–Crippen MR) is 122 cm³/mol. The van der Waals surface area contributed by atoms with Crippen LogP contribution in [0.1, 0.15) is 32.2 Å². The lowest BCUT2D eigenvalue weighted by molar-refractivity contribution is 0.0958. The Morgan fingerprint density at radius 1 is 1.07 bits per heavy atom. The summed E-state index contributed by atoms with van der Waals surface area (Å²) in [4.78, 5) is 14.7. The van der Waals surface area contributed by atoms with Crippen molar-refractivity contribution in [2.45, 2.75) is 26.2 Å². The van der Waals surface area contributed by atoms with E-state index in [1.165, 1.54) is 27.3 Å². The van der Waals surface area contributed by atoms with Crippen LogP contribution in [0.5, 0.6) is 0 Å². The molecule has 0 unspecified atom stereocenters. The van der Waals surface area contributed by atoms with Crippen LogP contribution in [0, 0.1) is 6.92 Å². The van der Waals surface area contributed by atoms with Gasteiger partial charge in [0.1, 0.15) is 0 Å². The van der Waals surface area contributed by atoms with E-state index >= 15 is 0 Å². The summed E-state index contributed by atoms with van der Waals surface area (Å²) in [5.41, 5.74) is 7.04. The Bertz CT molecular complexity index is 1190. The first-order valence-electron chi connectivity index (χ1n) is 10.3. The summed E-state index contributed by atoms with van der Waals surface area (Å²) < 4.78 is 2.06. The van der Waals surface area contributed by atoms with Gasteiger partial charge in [-0.3, -0.25) is 4.79 Å². The van der Waals surface area contributed by atoms with Gasteiger partial charge >= 0.3 is 0 Å². The van der Waals surface area contributed by atoms with Crippen LogP contribution in [0.4, 0.5) is 0 Å². The van der Waals surface area contributed by atoms with Crippen molar-refractivity contribution in [3.63, 3.8) is 0 Å². The molecule has 0 saturated carbocycles. The molecule has 2 aromatic heterocycles. The maximum atomic E-state index is 12.8. The number of aryl methyl sites for hydroxylation is 2. The van der Waals surface area contributed by atoms with E-state index < -0.39 is 0 Å². The fourth-order valence-electron chi connectivity index (χ4n) is 4.13. The standard InChI is InChI=1S/C25H23N3OS/c1-17-23-21(28(27-17)20-10-6-3-7-11-20)13-12-19-16-22(30-24(19)23)25(29)26-15-14-18-8-4-2-5-9-18/h2-11,16H,12-15H2,1H3,(H,26,29). The number of fused-ring (bicyclic) bond motifs is 3. The third-order valence-corrected chi connectivity index (χ3v) is 6.78. The monoisotopic (exact) mass is 413 g/mol. The zero-order valence-corrected chi connectivity index (χ0v) is 17.7. The Hall–Kier alpha value is -3.18. The molecule has 0 saturated heterocycles. The lowest BCUT2D eigenvalue weighted by Crippen LogP contribution is -2.24. The second-order valence-corrected chi connectivity index (χ2v) is 8.66. The number of hydrogen-bond acceptors (Lipinski definition) is 3. The molecule has 2 aromatic carbocycles. The predicted octanol–water partition coefficient (Wildman–Crippen LogP) is 4.98. The average Bonchev–Trinajstić information content (AvgIpc) is 3.36. The lowest BCUT2D eigenvalue weighted by Gasteiger charge is -2.14. The van der Waals surface area contributed by atoms with E-state index in [9.17, 15) is 4.79 Å². The summed E-state index contributed by atoms with van der Waals surface area (Å²) in [6, 6.07) is 22.6. The minimum atomic E-state index is 0.0139. The molecule has 4 aromatic rings. The van der Waals surface area contributed by atoms with Crippen molar-refractivity contribution in [1.82, 2.24) is 15.1 Å². The molecule has 30 heavy (non-hydrogen) atoms. The lowest BCUT2D eigenvalue weighted by atomic mass is 9.95. The molecule has 1 aliphatic carbocycles. The van der Waals surface area contributed by atoms with Crippen molar-refractivity contribution in [2.75, 3.05) is 6.54 Å². The number of carbonyl (C=O) groups is 1. The number of para-hydroxylation sites is 1. The quantitative estimate of drug-likeness (QED) is 0.502. The first-order valence-corrected chi connectivity index (χ1v) is 11.1. The molecule has 4 nitrogen and oxygen atoms in total. The van der Waals surface area contributed by atoms with Crippen LogP contribution in [-0.4, -0.2) is 22.2 Å². The highest BCUT2D eigenvalue weighted by Crippen LogP contribution is 2.42. The molecule has 150 valence electrons. The molecular weight excluding hydrogens is 390 g/mol. The molecule has 1 aliphatic rings. The molecule has 5 rings (SSSR count). The Kier molecular flexibility index (Phi) is 4.97. The van der Waals surface area contributed by atoms with E-state index in [-0.39, 0.29) is 5.91 Å². The van der Waals surface area contributed by atoms with Crippen LogP contribution in [0.2, 0.25) is 0 Å².